The molecule has 2 N–H and O–H groups in total. The van der Waals surface area contributed by atoms with Gasteiger partial charge in [0.2, 0.25) is 0 Å². The molecule has 0 aliphatic heterocycles. The predicted octanol–water partition coefficient (Wildman–Crippen LogP) is 4.80. The molecule has 0 saturated heterocycles. The molecule has 112 valence electrons. The minimum Gasteiger partial charge on any atom is -0.489 e. The van der Waals surface area contributed by atoms with Crippen LogP contribution < -0.4 is 10.5 Å². The van der Waals surface area contributed by atoms with E-state index < -0.39 is 0 Å². The summed E-state index contributed by atoms with van der Waals surface area (Å²) in [5, 5.41) is 0.718. The molecule has 21 heavy (non-hydrogen) atoms. The Kier molecular flexibility index (Phi) is 6.33. The van der Waals surface area contributed by atoms with E-state index in [-0.39, 0.29) is 6.04 Å². The average molecular weight is 416 g/mol. The van der Waals surface area contributed by atoms with Gasteiger partial charge < -0.3 is 10.5 Å². The SMILES string of the molecule is CCC(N)Cc1cc(Cl)ccc1OCc1ccc(I)cc1. The molecule has 2 aromatic rings. The maximum absolute atomic E-state index is 6.08. The van der Waals surface area contributed by atoms with Crippen molar-refractivity contribution in [2.45, 2.75) is 32.4 Å². The van der Waals surface area contributed by atoms with E-state index in [1.165, 1.54) is 3.57 Å². The summed E-state index contributed by atoms with van der Waals surface area (Å²) in [5.74, 6) is 0.863. The van der Waals surface area contributed by atoms with E-state index in [9.17, 15) is 0 Å². The molecule has 0 saturated carbocycles. The molecule has 0 fully saturated rings. The van der Waals surface area contributed by atoms with Crippen molar-refractivity contribution in [2.75, 3.05) is 0 Å². The maximum atomic E-state index is 6.08. The summed E-state index contributed by atoms with van der Waals surface area (Å²) in [6, 6.07) is 14.2. The average Bonchev–Trinajstić information content (AvgIpc) is 2.48. The van der Waals surface area contributed by atoms with E-state index in [2.05, 4.69) is 53.8 Å². The van der Waals surface area contributed by atoms with Crippen LogP contribution in [0.3, 0.4) is 0 Å². The fourth-order valence-electron chi connectivity index (χ4n) is 2.02. The summed E-state index contributed by atoms with van der Waals surface area (Å²) in [4.78, 5) is 0. The predicted molar refractivity (Wildman–Crippen MR) is 96.9 cm³/mol. The van der Waals surface area contributed by atoms with Crippen LogP contribution in [-0.2, 0) is 13.0 Å². The number of halogens is 2. The zero-order valence-electron chi connectivity index (χ0n) is 12.0. The minimum absolute atomic E-state index is 0.129. The Balaban J connectivity index is 2.09. The molecule has 2 nitrogen and oxygen atoms in total. The second-order valence-corrected chi connectivity index (χ2v) is 6.72. The van der Waals surface area contributed by atoms with Crippen molar-refractivity contribution < 1.29 is 4.74 Å². The molecule has 4 heteroatoms. The highest BCUT2D eigenvalue weighted by Crippen LogP contribution is 2.25. The molecule has 0 aromatic heterocycles. The Hall–Kier alpha value is -0.780. The van der Waals surface area contributed by atoms with Crippen molar-refractivity contribution in [3.8, 4) is 5.75 Å². The number of benzene rings is 2. The van der Waals surface area contributed by atoms with Crippen molar-refractivity contribution in [3.05, 3.63) is 62.2 Å². The normalized spacial score (nSPS) is 12.2. The number of hydrogen-bond donors (Lipinski definition) is 1. The zero-order valence-corrected chi connectivity index (χ0v) is 14.9. The van der Waals surface area contributed by atoms with Crippen LogP contribution in [-0.4, -0.2) is 6.04 Å². The van der Waals surface area contributed by atoms with E-state index >= 15 is 0 Å². The Morgan fingerprint density at radius 1 is 1.19 bits per heavy atom. The van der Waals surface area contributed by atoms with Crippen LogP contribution in [0, 0.1) is 3.57 Å². The van der Waals surface area contributed by atoms with E-state index in [0.29, 0.717) is 6.61 Å². The first kappa shape index (κ1) is 16.6. The van der Waals surface area contributed by atoms with Crippen molar-refractivity contribution in [1.82, 2.24) is 0 Å². The van der Waals surface area contributed by atoms with Crippen LogP contribution in [0.25, 0.3) is 0 Å². The van der Waals surface area contributed by atoms with Crippen molar-refractivity contribution in [1.29, 1.82) is 0 Å². The molecule has 0 amide bonds. The molecule has 0 spiro atoms. The lowest BCUT2D eigenvalue weighted by Gasteiger charge is -2.15. The van der Waals surface area contributed by atoms with E-state index in [1.807, 2.05) is 18.2 Å². The van der Waals surface area contributed by atoms with Gasteiger partial charge in [0.25, 0.3) is 0 Å². The van der Waals surface area contributed by atoms with Gasteiger partial charge in [-0.3, -0.25) is 0 Å². The molecule has 2 aromatic carbocycles. The van der Waals surface area contributed by atoms with E-state index in [1.54, 1.807) is 0 Å². The van der Waals surface area contributed by atoms with Crippen molar-refractivity contribution in [3.63, 3.8) is 0 Å². The highest BCUT2D eigenvalue weighted by molar-refractivity contribution is 14.1. The lowest BCUT2D eigenvalue weighted by atomic mass is 10.0. The lowest BCUT2D eigenvalue weighted by molar-refractivity contribution is 0.302. The van der Waals surface area contributed by atoms with Crippen molar-refractivity contribution in [2.24, 2.45) is 5.73 Å². The quantitative estimate of drug-likeness (QED) is 0.688. The molecule has 0 aliphatic rings. The summed E-state index contributed by atoms with van der Waals surface area (Å²) in [5.41, 5.74) is 8.27. The Bertz CT molecular complexity index is 586. The monoisotopic (exact) mass is 415 g/mol. The van der Waals surface area contributed by atoms with E-state index in [0.717, 1.165) is 34.7 Å². The fourth-order valence-corrected chi connectivity index (χ4v) is 2.57. The van der Waals surface area contributed by atoms with Gasteiger partial charge in [-0.15, -0.1) is 0 Å². The molecule has 2 rings (SSSR count). The highest BCUT2D eigenvalue weighted by Gasteiger charge is 2.09. The Morgan fingerprint density at radius 2 is 1.90 bits per heavy atom. The van der Waals surface area contributed by atoms with Crippen LogP contribution in [0.2, 0.25) is 5.02 Å². The largest absolute Gasteiger partial charge is 0.489 e. The number of ether oxygens (including phenoxy) is 1. The molecular formula is C17H19ClINO. The first-order valence-electron chi connectivity index (χ1n) is 6.99. The summed E-state index contributed by atoms with van der Waals surface area (Å²) < 4.78 is 7.17. The molecule has 0 bridgehead atoms. The van der Waals surface area contributed by atoms with Crippen LogP contribution >= 0.6 is 34.2 Å². The second-order valence-electron chi connectivity index (χ2n) is 5.04. The molecule has 1 unspecified atom stereocenters. The van der Waals surface area contributed by atoms with Gasteiger partial charge >= 0.3 is 0 Å². The molecule has 0 radical (unpaired) electrons. The van der Waals surface area contributed by atoms with Gasteiger partial charge in [-0.1, -0.05) is 30.7 Å². The van der Waals surface area contributed by atoms with Gasteiger partial charge in [0.15, 0.2) is 0 Å². The molecular weight excluding hydrogens is 397 g/mol. The fraction of sp³-hybridized carbons (Fsp3) is 0.294. The van der Waals surface area contributed by atoms with Crippen LogP contribution in [0.5, 0.6) is 5.75 Å². The zero-order chi connectivity index (χ0) is 15.2. The Morgan fingerprint density at radius 3 is 2.57 bits per heavy atom. The van der Waals surface area contributed by atoms with Gasteiger partial charge in [-0.25, -0.2) is 0 Å². The third-order valence-electron chi connectivity index (χ3n) is 3.34. The van der Waals surface area contributed by atoms with Gasteiger partial charge in [-0.05, 0) is 76.9 Å². The first-order chi connectivity index (χ1) is 10.1. The van der Waals surface area contributed by atoms with Gasteiger partial charge in [-0.2, -0.15) is 0 Å². The van der Waals surface area contributed by atoms with Crippen LogP contribution in [0.4, 0.5) is 0 Å². The lowest BCUT2D eigenvalue weighted by Crippen LogP contribution is -2.21. The second kappa shape index (κ2) is 8.01. The molecule has 1 atom stereocenters. The van der Waals surface area contributed by atoms with E-state index in [4.69, 9.17) is 22.1 Å². The smallest absolute Gasteiger partial charge is 0.123 e. The number of hydrogen-bond acceptors (Lipinski definition) is 2. The van der Waals surface area contributed by atoms with Gasteiger partial charge in [0.05, 0.1) is 0 Å². The Labute approximate surface area is 144 Å². The molecule has 0 heterocycles. The maximum Gasteiger partial charge on any atom is 0.123 e. The standard InChI is InChI=1S/C17H19ClINO/c1-2-16(20)10-13-9-14(18)5-8-17(13)21-11-12-3-6-15(19)7-4-12/h3-9,16H,2,10-11,20H2,1H3. The summed E-state index contributed by atoms with van der Waals surface area (Å²) >= 11 is 8.37. The van der Waals surface area contributed by atoms with Gasteiger partial charge in [0.1, 0.15) is 12.4 Å². The van der Waals surface area contributed by atoms with Crippen molar-refractivity contribution >= 4 is 34.2 Å². The summed E-state index contributed by atoms with van der Waals surface area (Å²) in [7, 11) is 0. The third-order valence-corrected chi connectivity index (χ3v) is 4.29. The number of rotatable bonds is 6. The third kappa shape index (κ3) is 5.16. The topological polar surface area (TPSA) is 35.2 Å². The van der Waals surface area contributed by atoms with Crippen LogP contribution in [0.1, 0.15) is 24.5 Å². The summed E-state index contributed by atoms with van der Waals surface area (Å²) in [6.07, 6.45) is 1.71. The van der Waals surface area contributed by atoms with Gasteiger partial charge in [0, 0.05) is 14.6 Å². The number of nitrogens with two attached hydrogens (primary N) is 1. The highest BCUT2D eigenvalue weighted by atomic mass is 127. The van der Waals surface area contributed by atoms with Crippen LogP contribution in [0.15, 0.2) is 42.5 Å². The first-order valence-corrected chi connectivity index (χ1v) is 8.45. The molecule has 0 aliphatic carbocycles. The summed E-state index contributed by atoms with van der Waals surface area (Å²) in [6.45, 7) is 2.63. The minimum atomic E-state index is 0.129.